The highest BCUT2D eigenvalue weighted by atomic mass is 79.9. The lowest BCUT2D eigenvalue weighted by Crippen LogP contribution is -2.30. The third kappa shape index (κ3) is 3.49. The van der Waals surface area contributed by atoms with Crippen LogP contribution in [0.1, 0.15) is 13.8 Å². The number of halogens is 2. The monoisotopic (exact) mass is 349 g/mol. The Morgan fingerprint density at radius 1 is 1.44 bits per heavy atom. The first-order valence-corrected chi connectivity index (χ1v) is 6.27. The lowest BCUT2D eigenvalue weighted by Gasteiger charge is -2.16. The summed E-state index contributed by atoms with van der Waals surface area (Å²) in [5.74, 6) is 0.640. The van der Waals surface area contributed by atoms with Gasteiger partial charge in [-0.3, -0.25) is 4.79 Å². The predicted molar refractivity (Wildman–Crippen MR) is 72.3 cm³/mol. The number of methoxy groups -OCH3 is 1. The Balaban J connectivity index is 2.84. The molecule has 0 saturated heterocycles. The molecular weight excluding hydrogens is 338 g/mol. The van der Waals surface area contributed by atoms with Gasteiger partial charge >= 0.3 is 0 Å². The topological polar surface area (TPSA) is 38.3 Å². The number of carbonyl (C=O) groups is 1. The number of ether oxygens (including phenoxy) is 1. The van der Waals surface area contributed by atoms with Crippen molar-refractivity contribution in [3.63, 3.8) is 0 Å². The van der Waals surface area contributed by atoms with Gasteiger partial charge in [-0.15, -0.1) is 0 Å². The lowest BCUT2D eigenvalue weighted by atomic mass is 10.2. The first kappa shape index (κ1) is 13.5. The SMILES string of the molecule is COc1ccc(NC(=O)C(C)(C)Br)cc1Br. The summed E-state index contributed by atoms with van der Waals surface area (Å²) in [6.07, 6.45) is 0. The van der Waals surface area contributed by atoms with Crippen LogP contribution in [0, 0.1) is 0 Å². The number of rotatable bonds is 3. The Bertz CT molecular complexity index is 399. The molecule has 0 heterocycles. The molecule has 3 nitrogen and oxygen atoms in total. The Labute approximate surface area is 112 Å². The summed E-state index contributed by atoms with van der Waals surface area (Å²) in [6, 6.07) is 5.39. The highest BCUT2D eigenvalue weighted by molar-refractivity contribution is 9.10. The molecule has 0 saturated carbocycles. The molecule has 1 aromatic carbocycles. The van der Waals surface area contributed by atoms with Crippen molar-refractivity contribution < 1.29 is 9.53 Å². The third-order valence-corrected chi connectivity index (χ3v) is 2.93. The Morgan fingerprint density at radius 2 is 2.06 bits per heavy atom. The second-order valence-electron chi connectivity index (χ2n) is 3.78. The highest BCUT2D eigenvalue weighted by Crippen LogP contribution is 2.28. The third-order valence-electron chi connectivity index (χ3n) is 1.95. The number of benzene rings is 1. The fraction of sp³-hybridized carbons (Fsp3) is 0.364. The molecule has 0 atom stereocenters. The zero-order chi connectivity index (χ0) is 12.3. The van der Waals surface area contributed by atoms with Crippen LogP contribution >= 0.6 is 31.9 Å². The van der Waals surface area contributed by atoms with E-state index in [1.807, 2.05) is 0 Å². The van der Waals surface area contributed by atoms with E-state index < -0.39 is 4.32 Å². The van der Waals surface area contributed by atoms with E-state index in [2.05, 4.69) is 37.2 Å². The number of anilines is 1. The number of amides is 1. The minimum atomic E-state index is -0.584. The number of hydrogen-bond donors (Lipinski definition) is 1. The molecule has 0 bridgehead atoms. The van der Waals surface area contributed by atoms with E-state index in [4.69, 9.17) is 4.74 Å². The van der Waals surface area contributed by atoms with Gasteiger partial charge in [-0.25, -0.2) is 0 Å². The summed E-state index contributed by atoms with van der Waals surface area (Å²) in [5, 5.41) is 2.80. The molecule has 0 aromatic heterocycles. The second kappa shape index (κ2) is 5.19. The van der Waals surface area contributed by atoms with Crippen LogP contribution in [0.25, 0.3) is 0 Å². The smallest absolute Gasteiger partial charge is 0.240 e. The molecule has 1 amide bonds. The molecule has 0 aliphatic rings. The molecule has 1 N–H and O–H groups in total. The predicted octanol–water partition coefficient (Wildman–Crippen LogP) is 3.57. The van der Waals surface area contributed by atoms with Crippen LogP contribution < -0.4 is 10.1 Å². The number of hydrogen-bond acceptors (Lipinski definition) is 2. The van der Waals surface area contributed by atoms with Gasteiger partial charge in [0.05, 0.1) is 15.9 Å². The van der Waals surface area contributed by atoms with Crippen molar-refractivity contribution in [1.29, 1.82) is 0 Å². The van der Waals surface area contributed by atoms with Crippen LogP contribution in [0.3, 0.4) is 0 Å². The fourth-order valence-electron chi connectivity index (χ4n) is 1.02. The van der Waals surface area contributed by atoms with Gasteiger partial charge in [0.1, 0.15) is 5.75 Å². The lowest BCUT2D eigenvalue weighted by molar-refractivity contribution is -0.117. The van der Waals surface area contributed by atoms with Crippen molar-refractivity contribution in [2.75, 3.05) is 12.4 Å². The maximum absolute atomic E-state index is 11.7. The summed E-state index contributed by atoms with van der Waals surface area (Å²) >= 11 is 6.66. The molecule has 0 aliphatic heterocycles. The summed E-state index contributed by atoms with van der Waals surface area (Å²) in [7, 11) is 1.60. The standard InChI is InChI=1S/C11H13Br2NO2/c1-11(2,13)10(15)14-7-4-5-9(16-3)8(12)6-7/h4-6H,1-3H3,(H,14,15). The molecule has 0 spiro atoms. The van der Waals surface area contributed by atoms with Crippen molar-refractivity contribution in [2.45, 2.75) is 18.2 Å². The maximum atomic E-state index is 11.7. The van der Waals surface area contributed by atoms with Gasteiger partial charge in [0.25, 0.3) is 0 Å². The minimum Gasteiger partial charge on any atom is -0.496 e. The van der Waals surface area contributed by atoms with Crippen LogP contribution in [-0.2, 0) is 4.79 Å². The number of carbonyl (C=O) groups excluding carboxylic acids is 1. The van der Waals surface area contributed by atoms with Crippen LogP contribution in [0.2, 0.25) is 0 Å². The molecule has 1 rings (SSSR count). The molecule has 0 fully saturated rings. The van der Waals surface area contributed by atoms with Crippen molar-refractivity contribution in [2.24, 2.45) is 0 Å². The van der Waals surface area contributed by atoms with E-state index in [0.717, 1.165) is 15.9 Å². The average Bonchev–Trinajstić information content (AvgIpc) is 2.16. The normalized spacial score (nSPS) is 11.1. The molecule has 88 valence electrons. The Hall–Kier alpha value is -0.550. The number of alkyl halides is 1. The molecule has 0 aliphatic carbocycles. The van der Waals surface area contributed by atoms with Crippen LogP contribution in [0.5, 0.6) is 5.75 Å². The molecule has 0 radical (unpaired) electrons. The highest BCUT2D eigenvalue weighted by Gasteiger charge is 2.23. The molecule has 1 aromatic rings. The van der Waals surface area contributed by atoms with E-state index in [1.54, 1.807) is 39.2 Å². The van der Waals surface area contributed by atoms with Gasteiger partial charge in [-0.05, 0) is 48.0 Å². The molecule has 5 heteroatoms. The van der Waals surface area contributed by atoms with E-state index in [0.29, 0.717) is 0 Å². The molecule has 0 unspecified atom stereocenters. The van der Waals surface area contributed by atoms with Crippen LogP contribution in [-0.4, -0.2) is 17.3 Å². The van der Waals surface area contributed by atoms with Gasteiger partial charge in [-0.2, -0.15) is 0 Å². The van der Waals surface area contributed by atoms with Gasteiger partial charge in [0.15, 0.2) is 0 Å². The van der Waals surface area contributed by atoms with Crippen molar-refractivity contribution in [3.8, 4) is 5.75 Å². The Morgan fingerprint density at radius 3 is 2.50 bits per heavy atom. The summed E-state index contributed by atoms with van der Waals surface area (Å²) in [6.45, 7) is 3.59. The van der Waals surface area contributed by atoms with Crippen LogP contribution in [0.15, 0.2) is 22.7 Å². The van der Waals surface area contributed by atoms with E-state index in [9.17, 15) is 4.79 Å². The molecular formula is C11H13Br2NO2. The van der Waals surface area contributed by atoms with Gasteiger partial charge in [-0.1, -0.05) is 15.9 Å². The van der Waals surface area contributed by atoms with Gasteiger partial charge < -0.3 is 10.1 Å². The van der Waals surface area contributed by atoms with Gasteiger partial charge in [0, 0.05) is 5.69 Å². The van der Waals surface area contributed by atoms with Crippen molar-refractivity contribution >= 4 is 43.5 Å². The fourth-order valence-corrected chi connectivity index (χ4v) is 1.66. The Kier molecular flexibility index (Phi) is 4.38. The zero-order valence-electron chi connectivity index (χ0n) is 9.30. The average molecular weight is 351 g/mol. The maximum Gasteiger partial charge on any atom is 0.240 e. The summed E-state index contributed by atoms with van der Waals surface area (Å²) in [5.41, 5.74) is 0.727. The van der Waals surface area contributed by atoms with Gasteiger partial charge in [0.2, 0.25) is 5.91 Å². The summed E-state index contributed by atoms with van der Waals surface area (Å²) in [4.78, 5) is 11.7. The van der Waals surface area contributed by atoms with Crippen molar-refractivity contribution in [1.82, 2.24) is 0 Å². The van der Waals surface area contributed by atoms with E-state index >= 15 is 0 Å². The van der Waals surface area contributed by atoms with E-state index in [1.165, 1.54) is 0 Å². The molecule has 16 heavy (non-hydrogen) atoms. The largest absolute Gasteiger partial charge is 0.496 e. The second-order valence-corrected chi connectivity index (χ2v) is 6.61. The van der Waals surface area contributed by atoms with Crippen molar-refractivity contribution in [3.05, 3.63) is 22.7 Å². The quantitative estimate of drug-likeness (QED) is 0.846. The zero-order valence-corrected chi connectivity index (χ0v) is 12.5. The minimum absolute atomic E-state index is 0.0930. The van der Waals surface area contributed by atoms with E-state index in [-0.39, 0.29) is 5.91 Å². The first-order valence-electron chi connectivity index (χ1n) is 4.68. The number of nitrogens with one attached hydrogen (secondary N) is 1. The summed E-state index contributed by atoms with van der Waals surface area (Å²) < 4.78 is 5.33. The first-order chi connectivity index (χ1) is 7.34. The van der Waals surface area contributed by atoms with Crippen LogP contribution in [0.4, 0.5) is 5.69 Å².